The van der Waals surface area contributed by atoms with Crippen molar-refractivity contribution in [3.63, 3.8) is 0 Å². The largest absolute Gasteiger partial charge is 0.379 e. The van der Waals surface area contributed by atoms with Gasteiger partial charge in [-0.05, 0) is 80.0 Å². The van der Waals surface area contributed by atoms with Crippen LogP contribution in [0.4, 0.5) is 5.82 Å². The number of benzene rings is 1. The van der Waals surface area contributed by atoms with E-state index in [1.807, 2.05) is 19.2 Å². The lowest BCUT2D eigenvalue weighted by Crippen LogP contribution is -2.45. The predicted octanol–water partition coefficient (Wildman–Crippen LogP) is 6.25. The first-order valence-corrected chi connectivity index (χ1v) is 12.8. The fourth-order valence-corrected chi connectivity index (χ4v) is 5.60. The van der Waals surface area contributed by atoms with Crippen LogP contribution in [-0.4, -0.2) is 48.1 Å². The van der Waals surface area contributed by atoms with Gasteiger partial charge in [0.25, 0.3) is 0 Å². The molecule has 2 aliphatic rings. The van der Waals surface area contributed by atoms with Gasteiger partial charge in [0.1, 0.15) is 5.82 Å². The van der Waals surface area contributed by atoms with Gasteiger partial charge in [-0.25, -0.2) is 4.98 Å². The zero-order valence-corrected chi connectivity index (χ0v) is 20.8. The summed E-state index contributed by atoms with van der Waals surface area (Å²) in [5.74, 6) is 0.786. The van der Waals surface area contributed by atoms with Crippen LogP contribution in [-0.2, 0) is 9.53 Å². The summed E-state index contributed by atoms with van der Waals surface area (Å²) in [6.45, 7) is 14.2. The first-order chi connectivity index (χ1) is 15.9. The Kier molecular flexibility index (Phi) is 7.89. The lowest BCUT2D eigenvalue weighted by Gasteiger charge is -2.38. The molecule has 1 aromatic carbocycles. The van der Waals surface area contributed by atoms with Gasteiger partial charge in [-0.1, -0.05) is 30.5 Å². The molecule has 0 spiro atoms. The number of anilines is 1. The molecule has 2 heterocycles. The number of thioether (sulfide) groups is 1. The molecule has 0 atom stereocenters. The number of pyridine rings is 1. The van der Waals surface area contributed by atoms with E-state index < -0.39 is 0 Å². The van der Waals surface area contributed by atoms with Gasteiger partial charge in [0.2, 0.25) is 5.91 Å². The van der Waals surface area contributed by atoms with Crippen molar-refractivity contribution >= 4 is 39.2 Å². The molecule has 0 radical (unpaired) electrons. The van der Waals surface area contributed by atoms with E-state index in [4.69, 9.17) is 4.74 Å². The highest BCUT2D eigenvalue weighted by atomic mass is 32.2. The van der Waals surface area contributed by atoms with Gasteiger partial charge in [0.05, 0.1) is 13.2 Å². The van der Waals surface area contributed by atoms with Crippen LogP contribution in [0.2, 0.25) is 0 Å². The highest BCUT2D eigenvalue weighted by molar-refractivity contribution is 8.11. The summed E-state index contributed by atoms with van der Waals surface area (Å²) in [5.41, 5.74) is 2.27. The average molecular weight is 468 g/mol. The Balaban J connectivity index is 0.00000324. The van der Waals surface area contributed by atoms with E-state index in [0.717, 1.165) is 78.8 Å². The van der Waals surface area contributed by atoms with Gasteiger partial charge >= 0.3 is 0 Å². The predicted molar refractivity (Wildman–Crippen MR) is 141 cm³/mol. The minimum absolute atomic E-state index is 0. The topological polar surface area (TPSA) is 54.5 Å². The Morgan fingerprint density at radius 3 is 2.67 bits per heavy atom. The van der Waals surface area contributed by atoms with E-state index in [9.17, 15) is 4.79 Å². The lowest BCUT2D eigenvalue weighted by atomic mass is 9.84. The van der Waals surface area contributed by atoms with E-state index >= 15 is 0 Å². The van der Waals surface area contributed by atoms with E-state index in [-0.39, 0.29) is 13.3 Å². The summed E-state index contributed by atoms with van der Waals surface area (Å²) in [5, 5.41) is 5.26. The summed E-state index contributed by atoms with van der Waals surface area (Å²) in [7, 11) is 0. The van der Waals surface area contributed by atoms with Crippen molar-refractivity contribution in [3.05, 3.63) is 53.1 Å². The van der Waals surface area contributed by atoms with Crippen molar-refractivity contribution in [2.24, 2.45) is 5.92 Å². The van der Waals surface area contributed by atoms with Crippen LogP contribution in [0, 0.1) is 12.8 Å². The summed E-state index contributed by atoms with van der Waals surface area (Å²) in [4.78, 5) is 22.3. The number of amides is 1. The molecule has 2 aromatic rings. The molecule has 1 amide bonds. The van der Waals surface area contributed by atoms with Crippen LogP contribution < -0.4 is 5.32 Å². The lowest BCUT2D eigenvalue weighted by molar-refractivity contribution is -0.121. The van der Waals surface area contributed by atoms with E-state index in [2.05, 4.69) is 53.8 Å². The van der Waals surface area contributed by atoms with Crippen LogP contribution >= 0.6 is 11.8 Å². The molecule has 0 bridgehead atoms. The Morgan fingerprint density at radius 2 is 1.97 bits per heavy atom. The Bertz CT molecular complexity index is 1060. The van der Waals surface area contributed by atoms with Crippen molar-refractivity contribution in [2.75, 3.05) is 31.6 Å². The fourth-order valence-electron chi connectivity index (χ4n) is 4.86. The Hall–Kier alpha value is -2.15. The first-order valence-electron chi connectivity index (χ1n) is 12.0. The number of carbonyl (C=O) groups is 1. The zero-order chi connectivity index (χ0) is 23.4. The van der Waals surface area contributed by atoms with Crippen molar-refractivity contribution in [1.29, 1.82) is 0 Å². The van der Waals surface area contributed by atoms with Crippen LogP contribution in [0.25, 0.3) is 15.7 Å². The molecule has 6 heteroatoms. The van der Waals surface area contributed by atoms with E-state index in [0.29, 0.717) is 11.9 Å². The number of aromatic nitrogens is 1. The van der Waals surface area contributed by atoms with Gasteiger partial charge in [-0.15, -0.1) is 0 Å². The second-order valence-electron chi connectivity index (χ2n) is 9.15. The summed E-state index contributed by atoms with van der Waals surface area (Å²) >= 11 is 1.68. The van der Waals surface area contributed by atoms with Crippen LogP contribution in [0.3, 0.4) is 0 Å². The first kappa shape index (κ1) is 24.0. The van der Waals surface area contributed by atoms with Gasteiger partial charge in [-0.3, -0.25) is 9.69 Å². The van der Waals surface area contributed by atoms with Crippen molar-refractivity contribution in [3.8, 4) is 0 Å². The third-order valence-electron chi connectivity index (χ3n) is 6.94. The molecular weight excluding hydrogens is 430 g/mol. The molecular formula is C27H37N3O2S. The van der Waals surface area contributed by atoms with Gasteiger partial charge in [-0.2, -0.15) is 0 Å². The number of carbonyl (C=O) groups excluding carboxylic acids is 1. The maximum absolute atomic E-state index is 13.0. The van der Waals surface area contributed by atoms with Gasteiger partial charge < -0.3 is 10.1 Å². The third kappa shape index (κ3) is 5.86. The molecule has 1 saturated heterocycles. The number of ether oxygens (including phenoxy) is 1. The second kappa shape index (κ2) is 10.9. The number of hydrogen-bond acceptors (Lipinski definition) is 5. The minimum Gasteiger partial charge on any atom is -0.379 e. The SMILES string of the molecule is C=C(S/C(C)=C\C)c1cc(C)c2cnc(NC(=O)C3CCC(N4CCOCC4)CC3)cc2c1.[HH]. The van der Waals surface area contributed by atoms with Gasteiger partial charge in [0, 0.05) is 43.0 Å². The van der Waals surface area contributed by atoms with Crippen LogP contribution in [0.5, 0.6) is 0 Å². The van der Waals surface area contributed by atoms with Crippen LogP contribution in [0.15, 0.2) is 42.0 Å². The number of allylic oxidation sites excluding steroid dienone is 2. The quantitative estimate of drug-likeness (QED) is 0.544. The molecule has 4 rings (SSSR count). The maximum atomic E-state index is 13.0. The number of morpholine rings is 1. The molecule has 1 aromatic heterocycles. The molecule has 1 aliphatic carbocycles. The van der Waals surface area contributed by atoms with E-state index in [1.165, 1.54) is 4.91 Å². The molecule has 1 saturated carbocycles. The van der Waals surface area contributed by atoms with Gasteiger partial charge in [0.15, 0.2) is 0 Å². The minimum atomic E-state index is 0. The smallest absolute Gasteiger partial charge is 0.228 e. The zero-order valence-electron chi connectivity index (χ0n) is 20.0. The number of rotatable bonds is 6. The average Bonchev–Trinajstić information content (AvgIpc) is 2.84. The highest BCUT2D eigenvalue weighted by Gasteiger charge is 2.30. The molecule has 2 fully saturated rings. The molecule has 5 nitrogen and oxygen atoms in total. The molecule has 1 N–H and O–H groups in total. The molecule has 178 valence electrons. The molecule has 1 aliphatic heterocycles. The second-order valence-corrected chi connectivity index (χ2v) is 10.5. The van der Waals surface area contributed by atoms with Crippen LogP contribution in [0.1, 0.15) is 52.1 Å². The Labute approximate surface area is 203 Å². The summed E-state index contributed by atoms with van der Waals surface area (Å²) < 4.78 is 5.48. The summed E-state index contributed by atoms with van der Waals surface area (Å²) in [6, 6.07) is 6.89. The molecule has 0 unspecified atom stereocenters. The number of hydrogen-bond donors (Lipinski definition) is 1. The standard InChI is InChI=1S/C27H35N3O2S.H2/c1-5-19(3)33-20(4)22-14-18(2)25-17-28-26(16-23(25)15-22)29-27(31)21-6-8-24(9-7-21)30-10-12-32-13-11-30;/h5,14-17,21,24H,4,6-13H2,1-3H3,(H,28,29,31);1H/b19-5-;. The van der Waals surface area contributed by atoms with Crippen molar-refractivity contribution in [2.45, 2.75) is 52.5 Å². The number of nitrogens with zero attached hydrogens (tertiary/aromatic N) is 2. The summed E-state index contributed by atoms with van der Waals surface area (Å²) in [6.07, 6.45) is 7.99. The fraction of sp³-hybridized carbons (Fsp3) is 0.481. The normalized spacial score (nSPS) is 22.3. The number of nitrogens with one attached hydrogen (secondary N) is 1. The molecule has 33 heavy (non-hydrogen) atoms. The number of fused-ring (bicyclic) bond motifs is 1. The number of aryl methyl sites for hydroxylation is 1. The monoisotopic (exact) mass is 467 g/mol. The van der Waals surface area contributed by atoms with Crippen molar-refractivity contribution < 1.29 is 11.0 Å². The van der Waals surface area contributed by atoms with E-state index in [1.54, 1.807) is 11.8 Å². The third-order valence-corrected chi connectivity index (χ3v) is 7.98. The van der Waals surface area contributed by atoms with Crippen molar-refractivity contribution in [1.82, 2.24) is 9.88 Å². The highest BCUT2D eigenvalue weighted by Crippen LogP contribution is 2.35. The maximum Gasteiger partial charge on any atom is 0.228 e. The Morgan fingerprint density at radius 1 is 1.24 bits per heavy atom.